The van der Waals surface area contributed by atoms with Crippen LogP contribution in [0.3, 0.4) is 0 Å². The fourth-order valence-electron chi connectivity index (χ4n) is 4.47. The molecule has 0 N–H and O–H groups in total. The fourth-order valence-corrected chi connectivity index (χ4v) is 5.11. The van der Waals surface area contributed by atoms with E-state index in [0.717, 1.165) is 29.0 Å². The van der Waals surface area contributed by atoms with E-state index in [9.17, 15) is 8.42 Å². The second-order valence-electron chi connectivity index (χ2n) is 8.59. The van der Waals surface area contributed by atoms with E-state index in [1.807, 2.05) is 26.2 Å². The molecule has 0 radical (unpaired) electrons. The average molecular weight is 413 g/mol. The summed E-state index contributed by atoms with van der Waals surface area (Å²) in [6.07, 6.45) is 5.48. The molecule has 6 heteroatoms. The van der Waals surface area contributed by atoms with Gasteiger partial charge in [-0.05, 0) is 47.5 Å². The Kier molecular flexibility index (Phi) is 4.55. The van der Waals surface area contributed by atoms with Crippen molar-refractivity contribution in [1.29, 1.82) is 0 Å². The summed E-state index contributed by atoms with van der Waals surface area (Å²) in [6, 6.07) is 13.8. The Bertz CT molecular complexity index is 1070. The lowest BCUT2D eigenvalue weighted by Gasteiger charge is -2.39. The summed E-state index contributed by atoms with van der Waals surface area (Å²) < 4.78 is 30.5. The molecular weight excluding hydrogens is 384 g/mol. The first-order valence-electron chi connectivity index (χ1n) is 9.79. The molecule has 0 saturated carbocycles. The molecule has 2 heterocycles. The number of ether oxygens (including phenoxy) is 1. The zero-order valence-corrected chi connectivity index (χ0v) is 18.5. The third kappa shape index (κ3) is 3.06. The highest BCUT2D eigenvalue weighted by Crippen LogP contribution is 2.55. The molecule has 1 fully saturated rings. The Balaban J connectivity index is 1.76. The van der Waals surface area contributed by atoms with Crippen molar-refractivity contribution >= 4 is 27.3 Å². The van der Waals surface area contributed by atoms with Crippen LogP contribution in [-0.4, -0.2) is 47.6 Å². The van der Waals surface area contributed by atoms with Crippen molar-refractivity contribution in [2.24, 2.45) is 0 Å². The van der Waals surface area contributed by atoms with Gasteiger partial charge in [0, 0.05) is 43.7 Å². The van der Waals surface area contributed by atoms with Crippen molar-refractivity contribution in [2.75, 3.05) is 43.3 Å². The number of fused-ring (bicyclic) bond motifs is 3. The van der Waals surface area contributed by atoms with Gasteiger partial charge in [-0.25, -0.2) is 8.42 Å². The van der Waals surface area contributed by atoms with E-state index in [0.29, 0.717) is 11.5 Å². The Labute approximate surface area is 173 Å². The van der Waals surface area contributed by atoms with Gasteiger partial charge in [0.25, 0.3) is 0 Å². The molecule has 0 aliphatic carbocycles. The molecule has 0 aromatic heterocycles. The van der Waals surface area contributed by atoms with Gasteiger partial charge in [-0.2, -0.15) is 0 Å². The lowest BCUT2D eigenvalue weighted by atomic mass is 9.77. The third-order valence-electron chi connectivity index (χ3n) is 6.20. The molecule has 2 aliphatic heterocycles. The lowest BCUT2D eigenvalue weighted by molar-refractivity contribution is 0.000294. The summed E-state index contributed by atoms with van der Waals surface area (Å²) in [5, 5.41) is 0. The molecule has 0 spiro atoms. The zero-order chi connectivity index (χ0) is 21.0. The maximum Gasteiger partial charge on any atom is 0.175 e. The summed E-state index contributed by atoms with van der Waals surface area (Å²) >= 11 is 0. The second-order valence-corrected chi connectivity index (χ2v) is 10.6. The minimum atomic E-state index is -3.27. The summed E-state index contributed by atoms with van der Waals surface area (Å²) in [5.74, 6) is 0. The topological polar surface area (TPSA) is 49.9 Å². The van der Waals surface area contributed by atoms with E-state index in [4.69, 9.17) is 4.74 Å². The van der Waals surface area contributed by atoms with Crippen LogP contribution in [0.5, 0.6) is 0 Å². The van der Waals surface area contributed by atoms with Gasteiger partial charge in [0.15, 0.2) is 15.6 Å². The van der Waals surface area contributed by atoms with Gasteiger partial charge in [0.05, 0.1) is 11.5 Å². The first-order chi connectivity index (χ1) is 13.6. The first kappa shape index (κ1) is 20.0. The Morgan fingerprint density at radius 1 is 1.10 bits per heavy atom. The van der Waals surface area contributed by atoms with E-state index in [2.05, 4.69) is 60.1 Å². The van der Waals surface area contributed by atoms with Crippen LogP contribution in [0.2, 0.25) is 0 Å². The van der Waals surface area contributed by atoms with Crippen LogP contribution < -0.4 is 9.80 Å². The standard InChI is InChI=1S/C23H28N2O3S/c1-22(2)20-16-19(29(5,26)27)10-11-21(20)25-14-15-28-23(22,25)13-12-17-6-8-18(9-7-17)24(3)4/h6-13,16H,14-15H2,1-5H3. The van der Waals surface area contributed by atoms with Crippen LogP contribution in [0.4, 0.5) is 11.4 Å². The molecule has 1 atom stereocenters. The van der Waals surface area contributed by atoms with E-state index in [-0.39, 0.29) is 0 Å². The maximum atomic E-state index is 12.1. The number of nitrogens with zero attached hydrogens (tertiary/aromatic N) is 2. The molecule has 0 amide bonds. The third-order valence-corrected chi connectivity index (χ3v) is 7.32. The highest BCUT2D eigenvalue weighted by atomic mass is 32.2. The number of hydrogen-bond acceptors (Lipinski definition) is 5. The van der Waals surface area contributed by atoms with E-state index >= 15 is 0 Å². The number of rotatable bonds is 4. The highest BCUT2D eigenvalue weighted by molar-refractivity contribution is 7.90. The van der Waals surface area contributed by atoms with Gasteiger partial charge in [0.2, 0.25) is 0 Å². The predicted molar refractivity (Wildman–Crippen MR) is 118 cm³/mol. The molecule has 1 unspecified atom stereocenters. The zero-order valence-electron chi connectivity index (χ0n) is 17.6. The largest absolute Gasteiger partial charge is 0.378 e. The molecule has 2 aromatic carbocycles. The second kappa shape index (κ2) is 6.61. The summed E-state index contributed by atoms with van der Waals surface area (Å²) in [5.41, 5.74) is 3.27. The van der Waals surface area contributed by atoms with Gasteiger partial charge in [-0.1, -0.05) is 32.1 Å². The number of benzene rings is 2. The molecule has 0 bridgehead atoms. The van der Waals surface area contributed by atoms with Crippen molar-refractivity contribution in [3.05, 3.63) is 59.7 Å². The number of sulfone groups is 1. The Hall–Kier alpha value is -2.31. The summed E-state index contributed by atoms with van der Waals surface area (Å²) in [6.45, 7) is 5.67. The van der Waals surface area contributed by atoms with Crippen molar-refractivity contribution in [1.82, 2.24) is 0 Å². The molecule has 4 rings (SSSR count). The van der Waals surface area contributed by atoms with Gasteiger partial charge < -0.3 is 14.5 Å². The normalized spacial score (nSPS) is 22.7. The predicted octanol–water partition coefficient (Wildman–Crippen LogP) is 3.69. The van der Waals surface area contributed by atoms with Crippen LogP contribution in [0.25, 0.3) is 6.08 Å². The smallest absolute Gasteiger partial charge is 0.175 e. The van der Waals surface area contributed by atoms with Crippen LogP contribution >= 0.6 is 0 Å². The van der Waals surface area contributed by atoms with E-state index < -0.39 is 21.0 Å². The maximum absolute atomic E-state index is 12.1. The molecule has 1 saturated heterocycles. The molecule has 2 aliphatic rings. The highest BCUT2D eigenvalue weighted by Gasteiger charge is 2.59. The van der Waals surface area contributed by atoms with E-state index in [1.54, 1.807) is 6.07 Å². The summed E-state index contributed by atoms with van der Waals surface area (Å²) in [7, 11) is 0.784. The van der Waals surface area contributed by atoms with Crippen LogP contribution in [0.1, 0.15) is 25.0 Å². The minimum Gasteiger partial charge on any atom is -0.378 e. The van der Waals surface area contributed by atoms with Crippen LogP contribution in [0.15, 0.2) is 53.4 Å². The van der Waals surface area contributed by atoms with Crippen LogP contribution in [-0.2, 0) is 20.0 Å². The monoisotopic (exact) mass is 412 g/mol. The van der Waals surface area contributed by atoms with Crippen molar-refractivity contribution < 1.29 is 13.2 Å². The molecule has 154 valence electrons. The van der Waals surface area contributed by atoms with Gasteiger partial charge in [-0.3, -0.25) is 0 Å². The van der Waals surface area contributed by atoms with Crippen molar-refractivity contribution in [2.45, 2.75) is 29.9 Å². The fraction of sp³-hybridized carbons (Fsp3) is 0.391. The van der Waals surface area contributed by atoms with Crippen molar-refractivity contribution in [3.63, 3.8) is 0 Å². The van der Waals surface area contributed by atoms with Gasteiger partial charge in [0.1, 0.15) is 0 Å². The number of anilines is 2. The number of hydrogen-bond donors (Lipinski definition) is 0. The quantitative estimate of drug-likeness (QED) is 0.767. The molecular formula is C23H28N2O3S. The first-order valence-corrected chi connectivity index (χ1v) is 11.7. The van der Waals surface area contributed by atoms with Crippen LogP contribution in [0, 0.1) is 0 Å². The SMILES string of the molecule is CN(C)c1ccc(C=CC23OCCN2c2ccc(S(C)(=O)=O)cc2C3(C)C)cc1. The van der Waals surface area contributed by atoms with E-state index in [1.165, 1.54) is 6.26 Å². The lowest BCUT2D eigenvalue weighted by Crippen LogP contribution is -2.51. The molecule has 2 aromatic rings. The minimum absolute atomic E-state index is 0.351. The van der Waals surface area contributed by atoms with Crippen molar-refractivity contribution in [3.8, 4) is 0 Å². The summed E-state index contributed by atoms with van der Waals surface area (Å²) in [4.78, 5) is 4.69. The van der Waals surface area contributed by atoms with Gasteiger partial charge in [-0.15, -0.1) is 0 Å². The molecule has 29 heavy (non-hydrogen) atoms. The molecule has 5 nitrogen and oxygen atoms in total. The Morgan fingerprint density at radius 2 is 1.79 bits per heavy atom. The van der Waals surface area contributed by atoms with Gasteiger partial charge >= 0.3 is 0 Å². The Morgan fingerprint density at radius 3 is 2.41 bits per heavy atom. The average Bonchev–Trinajstić information content (AvgIpc) is 3.17.